The van der Waals surface area contributed by atoms with Crippen molar-refractivity contribution in [1.82, 2.24) is 5.43 Å². The summed E-state index contributed by atoms with van der Waals surface area (Å²) in [5.74, 6) is 0.456. The molecule has 0 aliphatic carbocycles. The lowest BCUT2D eigenvalue weighted by molar-refractivity contribution is -0.119. The SMILES string of the molecule is COc1ccc(/C=N\NC(=O)CN(c2ccc(F)cc2)S(=O)(=O)c2ccc3c(c2)OCCO3)c(OC)c1OC. The lowest BCUT2D eigenvalue weighted by Crippen LogP contribution is -2.39. The molecule has 1 heterocycles. The van der Waals surface area contributed by atoms with Crippen molar-refractivity contribution >= 4 is 27.8 Å². The van der Waals surface area contributed by atoms with Gasteiger partial charge in [0, 0.05) is 11.6 Å². The summed E-state index contributed by atoms with van der Waals surface area (Å²) < 4.78 is 68.6. The molecule has 0 fully saturated rings. The first-order valence-electron chi connectivity index (χ1n) is 11.6. The number of carbonyl (C=O) groups excluding carboxylic acids is 1. The molecule has 0 bridgehead atoms. The Morgan fingerprint density at radius 2 is 1.67 bits per heavy atom. The van der Waals surface area contributed by atoms with E-state index in [0.717, 1.165) is 16.4 Å². The maximum atomic E-state index is 13.6. The van der Waals surface area contributed by atoms with Crippen molar-refractivity contribution in [3.05, 3.63) is 66.0 Å². The Bertz CT molecular complexity index is 1480. The Morgan fingerprint density at radius 3 is 2.33 bits per heavy atom. The number of hydrogen-bond donors (Lipinski definition) is 1. The fourth-order valence-electron chi connectivity index (χ4n) is 3.80. The molecule has 206 valence electrons. The van der Waals surface area contributed by atoms with E-state index in [-0.39, 0.29) is 22.9 Å². The summed E-state index contributed by atoms with van der Waals surface area (Å²) in [5.41, 5.74) is 2.85. The number of sulfonamides is 1. The Balaban J connectivity index is 1.59. The van der Waals surface area contributed by atoms with Gasteiger partial charge in [-0.3, -0.25) is 9.10 Å². The lowest BCUT2D eigenvalue weighted by Gasteiger charge is -2.25. The number of nitrogens with zero attached hydrogens (tertiary/aromatic N) is 2. The van der Waals surface area contributed by atoms with Gasteiger partial charge in [-0.15, -0.1) is 0 Å². The lowest BCUT2D eigenvalue weighted by atomic mass is 10.2. The summed E-state index contributed by atoms with van der Waals surface area (Å²) in [5, 5.41) is 3.94. The number of hydrogen-bond acceptors (Lipinski definition) is 9. The monoisotopic (exact) mass is 559 g/mol. The van der Waals surface area contributed by atoms with Gasteiger partial charge in [-0.05, 0) is 48.5 Å². The number of hydrazone groups is 1. The topological polar surface area (TPSA) is 125 Å². The van der Waals surface area contributed by atoms with Crippen LogP contribution in [-0.4, -0.2) is 61.6 Å². The van der Waals surface area contributed by atoms with Crippen molar-refractivity contribution in [3.8, 4) is 28.7 Å². The van der Waals surface area contributed by atoms with E-state index in [4.69, 9.17) is 23.7 Å². The highest BCUT2D eigenvalue weighted by molar-refractivity contribution is 7.92. The van der Waals surface area contributed by atoms with Crippen LogP contribution in [0.15, 0.2) is 64.6 Å². The summed E-state index contributed by atoms with van der Waals surface area (Å²) in [6.07, 6.45) is 1.32. The van der Waals surface area contributed by atoms with Crippen LogP contribution in [-0.2, 0) is 14.8 Å². The highest BCUT2D eigenvalue weighted by atomic mass is 32.2. The quantitative estimate of drug-likeness (QED) is 0.297. The molecule has 39 heavy (non-hydrogen) atoms. The van der Waals surface area contributed by atoms with Crippen LogP contribution in [0.2, 0.25) is 0 Å². The zero-order valence-corrected chi connectivity index (χ0v) is 22.2. The number of rotatable bonds is 10. The van der Waals surface area contributed by atoms with Gasteiger partial charge in [-0.25, -0.2) is 18.2 Å². The van der Waals surface area contributed by atoms with Gasteiger partial charge >= 0.3 is 0 Å². The molecule has 0 spiro atoms. The van der Waals surface area contributed by atoms with Crippen LogP contribution < -0.4 is 33.4 Å². The number of anilines is 1. The summed E-state index contributed by atoms with van der Waals surface area (Å²) in [4.78, 5) is 12.7. The average molecular weight is 560 g/mol. The van der Waals surface area contributed by atoms with Crippen LogP contribution in [0, 0.1) is 5.82 Å². The molecule has 0 unspecified atom stereocenters. The van der Waals surface area contributed by atoms with Gasteiger partial charge in [-0.2, -0.15) is 5.10 Å². The summed E-state index contributed by atoms with van der Waals surface area (Å²) in [6, 6.07) is 12.1. The first-order valence-corrected chi connectivity index (χ1v) is 13.0. The Kier molecular flexibility index (Phi) is 8.39. The molecule has 1 aliphatic heterocycles. The van der Waals surface area contributed by atoms with Crippen molar-refractivity contribution in [3.63, 3.8) is 0 Å². The zero-order chi connectivity index (χ0) is 28.0. The molecular weight excluding hydrogens is 533 g/mol. The minimum Gasteiger partial charge on any atom is -0.493 e. The number of benzene rings is 3. The van der Waals surface area contributed by atoms with E-state index in [1.807, 2.05) is 0 Å². The summed E-state index contributed by atoms with van der Waals surface area (Å²) >= 11 is 0. The van der Waals surface area contributed by atoms with Crippen LogP contribution in [0.4, 0.5) is 10.1 Å². The molecule has 0 saturated heterocycles. The molecule has 11 nitrogen and oxygen atoms in total. The maximum absolute atomic E-state index is 13.6. The fourth-order valence-corrected chi connectivity index (χ4v) is 5.24. The predicted octanol–water partition coefficient (Wildman–Crippen LogP) is 2.97. The van der Waals surface area contributed by atoms with Crippen LogP contribution in [0.1, 0.15) is 5.56 Å². The average Bonchev–Trinajstić information content (AvgIpc) is 2.95. The molecule has 0 aromatic heterocycles. The second kappa shape index (κ2) is 11.9. The number of nitrogens with one attached hydrogen (secondary N) is 1. The van der Waals surface area contributed by atoms with Crippen molar-refractivity contribution in [2.75, 3.05) is 45.4 Å². The molecule has 3 aromatic carbocycles. The molecule has 0 atom stereocenters. The third-order valence-electron chi connectivity index (χ3n) is 5.63. The second-order valence-corrected chi connectivity index (χ2v) is 9.87. The van der Waals surface area contributed by atoms with E-state index >= 15 is 0 Å². The zero-order valence-electron chi connectivity index (χ0n) is 21.3. The van der Waals surface area contributed by atoms with Gasteiger partial charge in [0.2, 0.25) is 5.75 Å². The standard InChI is InChI=1S/C26H26FN3O8S/c1-34-22-10-4-17(25(35-2)26(22)36-3)15-28-29-24(31)16-30(19-7-5-18(27)6-8-19)39(32,33)20-9-11-21-23(14-20)38-13-12-37-21/h4-11,14-15H,12-13,16H2,1-3H3,(H,29,31)/b28-15-. The third-order valence-corrected chi connectivity index (χ3v) is 7.40. The van der Waals surface area contributed by atoms with Gasteiger partial charge in [0.05, 0.1) is 38.1 Å². The van der Waals surface area contributed by atoms with Gasteiger partial charge in [0.1, 0.15) is 25.6 Å². The van der Waals surface area contributed by atoms with E-state index in [0.29, 0.717) is 35.2 Å². The number of fused-ring (bicyclic) bond motifs is 1. The van der Waals surface area contributed by atoms with Gasteiger partial charge < -0.3 is 23.7 Å². The van der Waals surface area contributed by atoms with E-state index in [1.54, 1.807) is 12.1 Å². The normalized spacial score (nSPS) is 12.6. The van der Waals surface area contributed by atoms with Crippen LogP contribution >= 0.6 is 0 Å². The molecule has 3 aromatic rings. The first kappa shape index (κ1) is 27.5. The molecule has 0 radical (unpaired) electrons. The summed E-state index contributed by atoms with van der Waals surface area (Å²) in [7, 11) is 0.0900. The fraction of sp³-hybridized carbons (Fsp3) is 0.231. The van der Waals surface area contributed by atoms with Gasteiger partial charge in [0.15, 0.2) is 23.0 Å². The Hall–Kier alpha value is -4.52. The number of ether oxygens (including phenoxy) is 5. The highest BCUT2D eigenvalue weighted by Crippen LogP contribution is 2.39. The van der Waals surface area contributed by atoms with E-state index in [1.165, 1.54) is 57.9 Å². The number of carbonyl (C=O) groups is 1. The molecule has 13 heteroatoms. The van der Waals surface area contributed by atoms with E-state index in [2.05, 4.69) is 10.5 Å². The van der Waals surface area contributed by atoms with Gasteiger partial charge in [-0.1, -0.05) is 0 Å². The largest absolute Gasteiger partial charge is 0.493 e. The molecule has 4 rings (SSSR count). The number of methoxy groups -OCH3 is 3. The second-order valence-electron chi connectivity index (χ2n) is 8.01. The number of halogens is 1. The van der Waals surface area contributed by atoms with Crippen LogP contribution in [0.25, 0.3) is 0 Å². The van der Waals surface area contributed by atoms with Crippen LogP contribution in [0.5, 0.6) is 28.7 Å². The molecule has 1 amide bonds. The van der Waals surface area contributed by atoms with Crippen LogP contribution in [0.3, 0.4) is 0 Å². The van der Waals surface area contributed by atoms with Crippen molar-refractivity contribution in [2.45, 2.75) is 4.90 Å². The Labute approximate surface area is 224 Å². The first-order chi connectivity index (χ1) is 18.8. The minimum absolute atomic E-state index is 0.0759. The van der Waals surface area contributed by atoms with Gasteiger partial charge in [0.25, 0.3) is 15.9 Å². The number of amides is 1. The van der Waals surface area contributed by atoms with E-state index in [9.17, 15) is 17.6 Å². The Morgan fingerprint density at radius 1 is 0.974 bits per heavy atom. The molecular formula is C26H26FN3O8S. The minimum atomic E-state index is -4.29. The van der Waals surface area contributed by atoms with Crippen molar-refractivity contribution in [1.29, 1.82) is 0 Å². The molecule has 1 N–H and O–H groups in total. The van der Waals surface area contributed by atoms with Crippen molar-refractivity contribution < 1.29 is 41.3 Å². The maximum Gasteiger partial charge on any atom is 0.264 e. The molecule has 1 aliphatic rings. The highest BCUT2D eigenvalue weighted by Gasteiger charge is 2.29. The molecule has 0 saturated carbocycles. The van der Waals surface area contributed by atoms with Crippen molar-refractivity contribution in [2.24, 2.45) is 5.10 Å². The smallest absolute Gasteiger partial charge is 0.264 e. The van der Waals surface area contributed by atoms with E-state index < -0.39 is 28.3 Å². The summed E-state index contributed by atoms with van der Waals surface area (Å²) in [6.45, 7) is -0.0388. The predicted molar refractivity (Wildman–Crippen MR) is 140 cm³/mol. The third kappa shape index (κ3) is 5.98.